The van der Waals surface area contributed by atoms with E-state index in [1.54, 1.807) is 12.1 Å². The summed E-state index contributed by atoms with van der Waals surface area (Å²) in [6, 6.07) is 5.19. The maximum atomic E-state index is 12.2. The predicted octanol–water partition coefficient (Wildman–Crippen LogP) is 1.67. The zero-order chi connectivity index (χ0) is 17.0. The van der Waals surface area contributed by atoms with E-state index >= 15 is 0 Å². The summed E-state index contributed by atoms with van der Waals surface area (Å²) in [5.74, 6) is 0.224. The van der Waals surface area contributed by atoms with Gasteiger partial charge >= 0.3 is 0 Å². The summed E-state index contributed by atoms with van der Waals surface area (Å²) in [4.78, 5) is 12.0. The molecule has 0 unspecified atom stereocenters. The molecule has 0 aliphatic carbocycles. The average Bonchev–Trinajstić information content (AvgIpc) is 2.37. The Hall–Kier alpha value is -1.60. The number of nitrogens with one attached hydrogen (secondary N) is 2. The van der Waals surface area contributed by atoms with E-state index < -0.39 is 21.6 Å². The second-order valence-electron chi connectivity index (χ2n) is 5.99. The van der Waals surface area contributed by atoms with Crippen LogP contribution < -0.4 is 14.8 Å². The van der Waals surface area contributed by atoms with Crippen molar-refractivity contribution in [2.24, 2.45) is 0 Å². The van der Waals surface area contributed by atoms with Crippen LogP contribution in [-0.4, -0.2) is 32.5 Å². The Morgan fingerprint density at radius 1 is 1.23 bits per heavy atom. The van der Waals surface area contributed by atoms with E-state index in [1.807, 2.05) is 27.7 Å². The maximum absolute atomic E-state index is 12.2. The highest BCUT2D eigenvalue weighted by Gasteiger charge is 2.24. The number of carbonyl (C=O) groups is 1. The molecule has 0 spiro atoms. The fourth-order valence-electron chi connectivity index (χ4n) is 1.71. The van der Waals surface area contributed by atoms with E-state index in [2.05, 4.69) is 10.0 Å². The largest absolute Gasteiger partial charge is 0.494 e. The van der Waals surface area contributed by atoms with Crippen molar-refractivity contribution in [3.05, 3.63) is 24.3 Å². The summed E-state index contributed by atoms with van der Waals surface area (Å²) in [6.45, 7) is 9.36. The lowest BCUT2D eigenvalue weighted by molar-refractivity contribution is -0.123. The molecule has 0 aromatic heterocycles. The van der Waals surface area contributed by atoms with Crippen molar-refractivity contribution in [2.45, 2.75) is 51.1 Å². The van der Waals surface area contributed by atoms with Crippen LogP contribution in [0.15, 0.2) is 29.2 Å². The minimum Gasteiger partial charge on any atom is -0.494 e. The summed E-state index contributed by atoms with van der Waals surface area (Å²) < 4.78 is 32.1. The zero-order valence-electron chi connectivity index (χ0n) is 13.6. The highest BCUT2D eigenvalue weighted by molar-refractivity contribution is 7.89. The Kier molecular flexibility index (Phi) is 5.96. The number of rotatable bonds is 6. The third-order valence-corrected chi connectivity index (χ3v) is 4.23. The first-order valence-corrected chi connectivity index (χ1v) is 8.60. The topological polar surface area (TPSA) is 84.5 Å². The molecule has 124 valence electrons. The van der Waals surface area contributed by atoms with Gasteiger partial charge in [-0.25, -0.2) is 8.42 Å². The molecule has 1 rings (SSSR count). The monoisotopic (exact) mass is 328 g/mol. The van der Waals surface area contributed by atoms with Crippen LogP contribution in [0.2, 0.25) is 0 Å². The second-order valence-corrected chi connectivity index (χ2v) is 7.70. The van der Waals surface area contributed by atoms with E-state index in [0.29, 0.717) is 12.4 Å². The quantitative estimate of drug-likeness (QED) is 0.832. The molecule has 0 saturated heterocycles. The third-order valence-electron chi connectivity index (χ3n) is 2.67. The Morgan fingerprint density at radius 2 is 1.77 bits per heavy atom. The molecule has 1 aromatic carbocycles. The molecule has 0 radical (unpaired) electrons. The molecular formula is C15H24N2O4S. The highest BCUT2D eigenvalue weighted by Crippen LogP contribution is 2.16. The van der Waals surface area contributed by atoms with Gasteiger partial charge in [-0.05, 0) is 58.9 Å². The average molecular weight is 328 g/mol. The van der Waals surface area contributed by atoms with Crippen molar-refractivity contribution in [3.8, 4) is 5.75 Å². The van der Waals surface area contributed by atoms with Crippen LogP contribution in [0.3, 0.4) is 0 Å². The molecule has 1 aromatic rings. The molecule has 0 saturated carbocycles. The molecule has 1 atom stereocenters. The summed E-state index contributed by atoms with van der Waals surface area (Å²) >= 11 is 0. The number of hydrogen-bond acceptors (Lipinski definition) is 4. The van der Waals surface area contributed by atoms with Crippen LogP contribution in [0.1, 0.15) is 34.6 Å². The van der Waals surface area contributed by atoms with Gasteiger partial charge in [-0.3, -0.25) is 4.79 Å². The molecule has 7 heteroatoms. The molecule has 22 heavy (non-hydrogen) atoms. The molecule has 0 aliphatic rings. The van der Waals surface area contributed by atoms with Gasteiger partial charge in [-0.2, -0.15) is 4.72 Å². The number of sulfonamides is 1. The van der Waals surface area contributed by atoms with Gasteiger partial charge in [0.05, 0.1) is 17.5 Å². The first kappa shape index (κ1) is 18.4. The minimum absolute atomic E-state index is 0.0892. The zero-order valence-corrected chi connectivity index (χ0v) is 14.5. The summed E-state index contributed by atoms with van der Waals surface area (Å²) in [6.07, 6.45) is 0. The maximum Gasteiger partial charge on any atom is 0.241 e. The third kappa shape index (κ3) is 5.65. The predicted molar refractivity (Wildman–Crippen MR) is 85.3 cm³/mol. The van der Waals surface area contributed by atoms with E-state index in [9.17, 15) is 13.2 Å². The van der Waals surface area contributed by atoms with Gasteiger partial charge in [0.25, 0.3) is 0 Å². The second kappa shape index (κ2) is 7.11. The first-order chi connectivity index (χ1) is 10.0. The van der Waals surface area contributed by atoms with Crippen LogP contribution >= 0.6 is 0 Å². The fourth-order valence-corrected chi connectivity index (χ4v) is 2.92. The van der Waals surface area contributed by atoms with Gasteiger partial charge in [-0.15, -0.1) is 0 Å². The SMILES string of the molecule is CCOc1ccc(S(=O)(=O)N[C@H](C)C(=O)NC(C)(C)C)cc1. The standard InChI is InChI=1S/C15H24N2O4S/c1-6-21-12-7-9-13(10-8-12)22(19,20)17-11(2)14(18)16-15(3,4)5/h7-11,17H,6H2,1-5H3,(H,16,18)/t11-/m1/s1. The summed E-state index contributed by atoms with van der Waals surface area (Å²) in [7, 11) is -3.76. The number of benzene rings is 1. The number of carbonyl (C=O) groups excluding carboxylic acids is 1. The van der Waals surface area contributed by atoms with E-state index in [1.165, 1.54) is 19.1 Å². The molecule has 6 nitrogen and oxygen atoms in total. The van der Waals surface area contributed by atoms with Crippen molar-refractivity contribution in [1.82, 2.24) is 10.0 Å². The lowest BCUT2D eigenvalue weighted by Gasteiger charge is -2.23. The van der Waals surface area contributed by atoms with Crippen LogP contribution in [0.25, 0.3) is 0 Å². The summed E-state index contributed by atoms with van der Waals surface area (Å²) in [5, 5.41) is 2.73. The van der Waals surface area contributed by atoms with Crippen molar-refractivity contribution >= 4 is 15.9 Å². The number of amides is 1. The molecule has 1 amide bonds. The van der Waals surface area contributed by atoms with Gasteiger partial charge in [0.2, 0.25) is 15.9 Å². The van der Waals surface area contributed by atoms with Crippen molar-refractivity contribution in [2.75, 3.05) is 6.61 Å². The molecule has 0 fully saturated rings. The summed E-state index contributed by atoms with van der Waals surface area (Å²) in [5.41, 5.74) is -0.421. The molecular weight excluding hydrogens is 304 g/mol. The number of hydrogen-bond donors (Lipinski definition) is 2. The number of ether oxygens (including phenoxy) is 1. The van der Waals surface area contributed by atoms with Crippen molar-refractivity contribution in [1.29, 1.82) is 0 Å². The van der Waals surface area contributed by atoms with Crippen molar-refractivity contribution in [3.63, 3.8) is 0 Å². The highest BCUT2D eigenvalue weighted by atomic mass is 32.2. The van der Waals surface area contributed by atoms with Crippen LogP contribution in [-0.2, 0) is 14.8 Å². The van der Waals surface area contributed by atoms with E-state index in [0.717, 1.165) is 0 Å². The fraction of sp³-hybridized carbons (Fsp3) is 0.533. The Morgan fingerprint density at radius 3 is 2.23 bits per heavy atom. The Labute approximate surface area is 132 Å². The lowest BCUT2D eigenvalue weighted by Crippen LogP contribution is -2.50. The van der Waals surface area contributed by atoms with Crippen LogP contribution in [0.4, 0.5) is 0 Å². The van der Waals surface area contributed by atoms with Gasteiger partial charge in [0, 0.05) is 5.54 Å². The normalized spacial score (nSPS) is 13.5. The molecule has 2 N–H and O–H groups in total. The molecule has 0 aliphatic heterocycles. The van der Waals surface area contributed by atoms with Crippen LogP contribution in [0, 0.1) is 0 Å². The van der Waals surface area contributed by atoms with E-state index in [-0.39, 0.29) is 10.8 Å². The molecule has 0 heterocycles. The first-order valence-electron chi connectivity index (χ1n) is 7.12. The van der Waals surface area contributed by atoms with Crippen molar-refractivity contribution < 1.29 is 17.9 Å². The van der Waals surface area contributed by atoms with Crippen LogP contribution in [0.5, 0.6) is 5.75 Å². The lowest BCUT2D eigenvalue weighted by atomic mass is 10.1. The van der Waals surface area contributed by atoms with Gasteiger partial charge in [0.1, 0.15) is 5.75 Å². The molecule has 0 bridgehead atoms. The Bertz CT molecular complexity index is 603. The van der Waals surface area contributed by atoms with E-state index in [4.69, 9.17) is 4.74 Å². The smallest absolute Gasteiger partial charge is 0.241 e. The van der Waals surface area contributed by atoms with Gasteiger partial charge in [-0.1, -0.05) is 0 Å². The van der Waals surface area contributed by atoms with Gasteiger partial charge in [0.15, 0.2) is 0 Å². The minimum atomic E-state index is -3.76. The Balaban J connectivity index is 2.80. The van der Waals surface area contributed by atoms with Gasteiger partial charge < -0.3 is 10.1 Å².